The van der Waals surface area contributed by atoms with Crippen molar-refractivity contribution in [3.05, 3.63) is 89.2 Å². The molecule has 0 radical (unpaired) electrons. The second-order valence-electron chi connectivity index (χ2n) is 6.79. The minimum atomic E-state index is -0.232. The van der Waals surface area contributed by atoms with Gasteiger partial charge in [0.1, 0.15) is 11.5 Å². The largest absolute Gasteiger partial charge is 0.457 e. The fourth-order valence-electron chi connectivity index (χ4n) is 3.86. The summed E-state index contributed by atoms with van der Waals surface area (Å²) in [6.07, 6.45) is 4.14. The number of nitrogens with zero attached hydrogens (tertiary/aromatic N) is 2. The zero-order chi connectivity index (χ0) is 18.4. The van der Waals surface area contributed by atoms with Gasteiger partial charge in [-0.1, -0.05) is 30.3 Å². The van der Waals surface area contributed by atoms with Crippen LogP contribution in [0.25, 0.3) is 0 Å². The van der Waals surface area contributed by atoms with Crippen LogP contribution in [0.4, 0.5) is 0 Å². The van der Waals surface area contributed by atoms with Gasteiger partial charge in [0.15, 0.2) is 0 Å². The summed E-state index contributed by atoms with van der Waals surface area (Å²) in [5.74, 6) is 0.995. The lowest BCUT2D eigenvalue weighted by Crippen LogP contribution is -2.34. The van der Waals surface area contributed by atoms with Crippen LogP contribution in [0.1, 0.15) is 37.8 Å². The summed E-state index contributed by atoms with van der Waals surface area (Å²) in [7, 11) is 0. The van der Waals surface area contributed by atoms with Crippen LogP contribution in [-0.4, -0.2) is 28.2 Å². The van der Waals surface area contributed by atoms with Gasteiger partial charge in [0.2, 0.25) is 0 Å². The number of hydrogen-bond donors (Lipinski definition) is 0. The smallest absolute Gasteiger partial charge is 0.261 e. The number of ether oxygens (including phenoxy) is 1. The SMILES string of the molecule is O=C1c2ccccc2C(=O)N1CC1Cc2cnccc2Oc2ccccc21. The van der Waals surface area contributed by atoms with Gasteiger partial charge >= 0.3 is 0 Å². The minimum Gasteiger partial charge on any atom is -0.457 e. The Morgan fingerprint density at radius 1 is 0.926 bits per heavy atom. The number of fused-ring (bicyclic) bond motifs is 3. The molecule has 5 nitrogen and oxygen atoms in total. The van der Waals surface area contributed by atoms with Gasteiger partial charge < -0.3 is 4.74 Å². The lowest BCUT2D eigenvalue weighted by atomic mass is 9.92. The summed E-state index contributed by atoms with van der Waals surface area (Å²) >= 11 is 0. The van der Waals surface area contributed by atoms with Crippen LogP contribution in [-0.2, 0) is 6.42 Å². The summed E-state index contributed by atoms with van der Waals surface area (Å²) in [6, 6.07) is 16.6. The monoisotopic (exact) mass is 356 g/mol. The molecule has 2 amide bonds. The van der Waals surface area contributed by atoms with Gasteiger partial charge in [-0.05, 0) is 36.2 Å². The molecule has 3 heterocycles. The summed E-state index contributed by atoms with van der Waals surface area (Å²) in [6.45, 7) is 0.307. The van der Waals surface area contributed by atoms with E-state index in [0.29, 0.717) is 24.1 Å². The molecular formula is C22H16N2O3. The molecule has 0 saturated carbocycles. The number of amides is 2. The van der Waals surface area contributed by atoms with Crippen LogP contribution in [0, 0.1) is 0 Å². The van der Waals surface area contributed by atoms with Crippen LogP contribution in [0.5, 0.6) is 11.5 Å². The Balaban J connectivity index is 1.54. The second-order valence-corrected chi connectivity index (χ2v) is 6.79. The van der Waals surface area contributed by atoms with Crippen molar-refractivity contribution in [1.29, 1.82) is 0 Å². The molecule has 0 aliphatic carbocycles. The van der Waals surface area contributed by atoms with E-state index in [1.165, 1.54) is 4.90 Å². The lowest BCUT2D eigenvalue weighted by Gasteiger charge is -2.22. The van der Waals surface area contributed by atoms with E-state index >= 15 is 0 Å². The highest BCUT2D eigenvalue weighted by Gasteiger charge is 2.37. The number of hydrogen-bond acceptors (Lipinski definition) is 4. The highest BCUT2D eigenvalue weighted by atomic mass is 16.5. The number of para-hydroxylation sites is 1. The van der Waals surface area contributed by atoms with Gasteiger partial charge in [-0.2, -0.15) is 0 Å². The van der Waals surface area contributed by atoms with Gasteiger partial charge in [0.25, 0.3) is 11.8 Å². The van der Waals surface area contributed by atoms with Crippen molar-refractivity contribution in [2.24, 2.45) is 0 Å². The van der Waals surface area contributed by atoms with Crippen molar-refractivity contribution >= 4 is 11.8 Å². The van der Waals surface area contributed by atoms with Crippen LogP contribution < -0.4 is 4.74 Å². The third-order valence-corrected chi connectivity index (χ3v) is 5.19. The number of carbonyl (C=O) groups excluding carboxylic acids is 2. The van der Waals surface area contributed by atoms with Gasteiger partial charge in [-0.15, -0.1) is 0 Å². The average molecular weight is 356 g/mol. The lowest BCUT2D eigenvalue weighted by molar-refractivity contribution is 0.0644. The maximum atomic E-state index is 12.8. The normalized spacial score (nSPS) is 17.6. The van der Waals surface area contributed by atoms with Crippen molar-refractivity contribution in [2.45, 2.75) is 12.3 Å². The molecule has 1 atom stereocenters. The molecule has 3 aromatic rings. The van der Waals surface area contributed by atoms with Crippen LogP contribution >= 0.6 is 0 Å². The van der Waals surface area contributed by atoms with Crippen molar-refractivity contribution in [1.82, 2.24) is 9.88 Å². The van der Waals surface area contributed by atoms with Crippen molar-refractivity contribution in [3.8, 4) is 11.5 Å². The molecule has 0 fully saturated rings. The van der Waals surface area contributed by atoms with Crippen molar-refractivity contribution < 1.29 is 14.3 Å². The molecule has 5 heteroatoms. The first-order valence-electron chi connectivity index (χ1n) is 8.87. The average Bonchev–Trinajstić information content (AvgIpc) is 2.86. The van der Waals surface area contributed by atoms with E-state index in [-0.39, 0.29) is 17.7 Å². The van der Waals surface area contributed by atoms with E-state index in [1.807, 2.05) is 30.3 Å². The summed E-state index contributed by atoms with van der Waals surface area (Å²) in [5.41, 5.74) is 2.91. The topological polar surface area (TPSA) is 59.5 Å². The minimum absolute atomic E-state index is 0.0612. The molecule has 0 bridgehead atoms. The third-order valence-electron chi connectivity index (χ3n) is 5.19. The Morgan fingerprint density at radius 3 is 2.41 bits per heavy atom. The zero-order valence-corrected chi connectivity index (χ0v) is 14.5. The molecule has 27 heavy (non-hydrogen) atoms. The van der Waals surface area contributed by atoms with Crippen LogP contribution in [0.3, 0.4) is 0 Å². The van der Waals surface area contributed by atoms with Crippen molar-refractivity contribution in [2.75, 3.05) is 6.54 Å². The quantitative estimate of drug-likeness (QED) is 0.655. The number of pyridine rings is 1. The van der Waals surface area contributed by atoms with E-state index in [4.69, 9.17) is 4.74 Å². The number of benzene rings is 2. The molecule has 2 aliphatic rings. The number of imide groups is 1. The van der Waals surface area contributed by atoms with Gasteiger partial charge in [0, 0.05) is 30.4 Å². The Labute approximate surface area is 156 Å². The van der Waals surface area contributed by atoms with Gasteiger partial charge in [-0.25, -0.2) is 0 Å². The standard InChI is InChI=1S/C22H16N2O3/c25-21-17-6-1-2-7-18(17)22(26)24(21)13-15-11-14-12-23-10-9-19(14)27-20-8-4-3-5-16(15)20/h1-10,12,15H,11,13H2. The number of carbonyl (C=O) groups is 2. The first-order valence-corrected chi connectivity index (χ1v) is 8.87. The molecule has 2 aromatic carbocycles. The summed E-state index contributed by atoms with van der Waals surface area (Å²) < 4.78 is 6.08. The summed E-state index contributed by atoms with van der Waals surface area (Å²) in [4.78, 5) is 31.1. The molecule has 5 rings (SSSR count). The molecule has 0 N–H and O–H groups in total. The van der Waals surface area contributed by atoms with Gasteiger partial charge in [-0.3, -0.25) is 19.5 Å². The molecule has 1 aromatic heterocycles. The zero-order valence-electron chi connectivity index (χ0n) is 14.5. The van der Waals surface area contributed by atoms with Gasteiger partial charge in [0.05, 0.1) is 11.1 Å². The fraction of sp³-hybridized carbons (Fsp3) is 0.136. The predicted molar refractivity (Wildman–Crippen MR) is 99.0 cm³/mol. The Bertz CT molecular complexity index is 1040. The molecule has 2 aliphatic heterocycles. The Hall–Kier alpha value is -3.47. The molecule has 132 valence electrons. The van der Waals surface area contributed by atoms with E-state index < -0.39 is 0 Å². The summed E-state index contributed by atoms with van der Waals surface area (Å²) in [5, 5.41) is 0. The maximum absolute atomic E-state index is 12.8. The highest BCUT2D eigenvalue weighted by molar-refractivity contribution is 6.21. The predicted octanol–water partition coefficient (Wildman–Crippen LogP) is 3.81. The number of rotatable bonds is 2. The molecule has 1 unspecified atom stereocenters. The van der Waals surface area contributed by atoms with E-state index in [1.54, 1.807) is 36.7 Å². The first-order chi connectivity index (χ1) is 13.2. The first kappa shape index (κ1) is 15.8. The van der Waals surface area contributed by atoms with Crippen LogP contribution in [0.2, 0.25) is 0 Å². The Morgan fingerprint density at radius 2 is 1.63 bits per heavy atom. The number of aromatic nitrogens is 1. The fourth-order valence-corrected chi connectivity index (χ4v) is 3.86. The molecular weight excluding hydrogens is 340 g/mol. The van der Waals surface area contributed by atoms with E-state index in [0.717, 1.165) is 22.6 Å². The van der Waals surface area contributed by atoms with E-state index in [2.05, 4.69) is 4.98 Å². The second kappa shape index (κ2) is 6.06. The van der Waals surface area contributed by atoms with Crippen LogP contribution in [0.15, 0.2) is 67.0 Å². The molecule has 0 spiro atoms. The highest BCUT2D eigenvalue weighted by Crippen LogP contribution is 2.40. The molecule has 0 saturated heterocycles. The van der Waals surface area contributed by atoms with E-state index in [9.17, 15) is 9.59 Å². The maximum Gasteiger partial charge on any atom is 0.261 e. The third kappa shape index (κ3) is 2.51. The van der Waals surface area contributed by atoms with Crippen molar-refractivity contribution in [3.63, 3.8) is 0 Å². The Kier molecular flexibility index (Phi) is 3.53.